The summed E-state index contributed by atoms with van der Waals surface area (Å²) in [5.74, 6) is 0.790. The highest BCUT2D eigenvalue weighted by atomic mass is 79.9. The van der Waals surface area contributed by atoms with Crippen LogP contribution in [0.4, 0.5) is 11.4 Å². The first-order valence-electron chi connectivity index (χ1n) is 5.88. The van der Waals surface area contributed by atoms with Crippen LogP contribution in [-0.4, -0.2) is 13.1 Å². The molecule has 1 aromatic rings. The Morgan fingerprint density at radius 3 is 2.88 bits per heavy atom. The Kier molecular flexibility index (Phi) is 3.43. The van der Waals surface area contributed by atoms with Gasteiger partial charge in [0.15, 0.2) is 0 Å². The zero-order chi connectivity index (χ0) is 11.7. The fourth-order valence-corrected chi connectivity index (χ4v) is 2.94. The summed E-state index contributed by atoms with van der Waals surface area (Å²) in [7, 11) is 0. The molecule has 0 amide bonds. The molecule has 1 heterocycles. The number of nitrogens with zero attached hydrogens (tertiary/aromatic N) is 1. The molecular weight excluding hydrogens is 264 g/mol. The maximum Gasteiger partial charge on any atom is 0.0514 e. The van der Waals surface area contributed by atoms with E-state index in [1.54, 1.807) is 0 Å². The molecule has 2 rings (SSSR count). The van der Waals surface area contributed by atoms with Crippen LogP contribution in [0.15, 0.2) is 16.6 Å². The highest BCUT2D eigenvalue weighted by molar-refractivity contribution is 9.10. The van der Waals surface area contributed by atoms with Gasteiger partial charge in [-0.1, -0.05) is 6.92 Å². The standard InChI is InChI=1S/C13H19BrN2/c1-9-4-3-5-16(8-9)13-6-10(2)12(15)7-11(13)14/h6-7,9H,3-5,8,15H2,1-2H3. The minimum atomic E-state index is 0.790. The molecule has 1 aromatic carbocycles. The Labute approximate surface area is 106 Å². The SMILES string of the molecule is Cc1cc(N2CCCC(C)C2)c(Br)cc1N. The fraction of sp³-hybridized carbons (Fsp3) is 0.538. The van der Waals surface area contributed by atoms with Crippen LogP contribution >= 0.6 is 15.9 Å². The van der Waals surface area contributed by atoms with Gasteiger partial charge in [0.1, 0.15) is 0 Å². The summed E-state index contributed by atoms with van der Waals surface area (Å²) in [6.07, 6.45) is 2.64. The number of anilines is 2. The van der Waals surface area contributed by atoms with Gasteiger partial charge < -0.3 is 10.6 Å². The number of nitrogen functional groups attached to an aromatic ring is 1. The van der Waals surface area contributed by atoms with Gasteiger partial charge in [0.05, 0.1) is 5.69 Å². The summed E-state index contributed by atoms with van der Waals surface area (Å²) >= 11 is 3.62. The molecule has 0 bridgehead atoms. The number of halogens is 1. The molecule has 1 aliphatic heterocycles. The average Bonchev–Trinajstić information content (AvgIpc) is 2.23. The molecule has 0 radical (unpaired) electrons. The van der Waals surface area contributed by atoms with Crippen molar-refractivity contribution in [2.75, 3.05) is 23.7 Å². The predicted octanol–water partition coefficient (Wildman–Crippen LogP) is 3.58. The van der Waals surface area contributed by atoms with Crippen molar-refractivity contribution >= 4 is 27.3 Å². The lowest BCUT2D eigenvalue weighted by molar-refractivity contribution is 0.446. The first-order chi connectivity index (χ1) is 7.58. The van der Waals surface area contributed by atoms with Crippen LogP contribution in [0, 0.1) is 12.8 Å². The molecule has 2 N–H and O–H groups in total. The van der Waals surface area contributed by atoms with Crippen LogP contribution in [0.3, 0.4) is 0 Å². The summed E-state index contributed by atoms with van der Waals surface area (Å²) in [5, 5.41) is 0. The first kappa shape index (κ1) is 11.8. The third-order valence-electron chi connectivity index (χ3n) is 3.33. The number of rotatable bonds is 1. The highest BCUT2D eigenvalue weighted by Crippen LogP contribution is 2.33. The molecular formula is C13H19BrN2. The van der Waals surface area contributed by atoms with Crippen molar-refractivity contribution in [2.45, 2.75) is 26.7 Å². The monoisotopic (exact) mass is 282 g/mol. The molecule has 1 atom stereocenters. The molecule has 1 unspecified atom stereocenters. The summed E-state index contributed by atoms with van der Waals surface area (Å²) in [5.41, 5.74) is 9.21. The normalized spacial score (nSPS) is 21.2. The van der Waals surface area contributed by atoms with E-state index in [-0.39, 0.29) is 0 Å². The van der Waals surface area contributed by atoms with Crippen molar-refractivity contribution < 1.29 is 0 Å². The quantitative estimate of drug-likeness (QED) is 0.798. The molecule has 1 saturated heterocycles. The van der Waals surface area contributed by atoms with Crippen LogP contribution in [0.5, 0.6) is 0 Å². The Morgan fingerprint density at radius 1 is 1.44 bits per heavy atom. The van der Waals surface area contributed by atoms with Crippen molar-refractivity contribution in [3.05, 3.63) is 22.2 Å². The number of benzene rings is 1. The maximum absolute atomic E-state index is 5.90. The second-order valence-electron chi connectivity index (χ2n) is 4.85. The molecule has 2 nitrogen and oxygen atoms in total. The summed E-state index contributed by atoms with van der Waals surface area (Å²) in [6.45, 7) is 6.71. The first-order valence-corrected chi connectivity index (χ1v) is 6.68. The second kappa shape index (κ2) is 4.66. The topological polar surface area (TPSA) is 29.3 Å². The second-order valence-corrected chi connectivity index (χ2v) is 5.71. The molecule has 0 aromatic heterocycles. The largest absolute Gasteiger partial charge is 0.398 e. The lowest BCUT2D eigenvalue weighted by atomic mass is 9.99. The van der Waals surface area contributed by atoms with E-state index in [1.807, 2.05) is 6.07 Å². The lowest BCUT2D eigenvalue weighted by Gasteiger charge is -2.33. The number of aryl methyl sites for hydroxylation is 1. The number of hydrogen-bond donors (Lipinski definition) is 1. The number of hydrogen-bond acceptors (Lipinski definition) is 2. The van der Waals surface area contributed by atoms with Crippen LogP contribution in [-0.2, 0) is 0 Å². The summed E-state index contributed by atoms with van der Waals surface area (Å²) in [6, 6.07) is 4.21. The minimum absolute atomic E-state index is 0.790. The average molecular weight is 283 g/mol. The van der Waals surface area contributed by atoms with E-state index in [2.05, 4.69) is 40.7 Å². The molecule has 0 aliphatic carbocycles. The molecule has 16 heavy (non-hydrogen) atoms. The molecule has 1 aliphatic rings. The van der Waals surface area contributed by atoms with E-state index in [1.165, 1.54) is 18.5 Å². The zero-order valence-electron chi connectivity index (χ0n) is 9.96. The number of piperidine rings is 1. The lowest BCUT2D eigenvalue weighted by Crippen LogP contribution is -2.34. The summed E-state index contributed by atoms with van der Waals surface area (Å²) < 4.78 is 1.12. The van der Waals surface area contributed by atoms with Crippen molar-refractivity contribution in [3.8, 4) is 0 Å². The van der Waals surface area contributed by atoms with Gasteiger partial charge >= 0.3 is 0 Å². The van der Waals surface area contributed by atoms with Gasteiger partial charge in [-0.15, -0.1) is 0 Å². The van der Waals surface area contributed by atoms with E-state index >= 15 is 0 Å². The van der Waals surface area contributed by atoms with E-state index in [4.69, 9.17) is 5.73 Å². The van der Waals surface area contributed by atoms with Crippen molar-refractivity contribution in [1.29, 1.82) is 0 Å². The van der Waals surface area contributed by atoms with Gasteiger partial charge in [0, 0.05) is 23.2 Å². The minimum Gasteiger partial charge on any atom is -0.398 e. The van der Waals surface area contributed by atoms with Crippen LogP contribution in [0.1, 0.15) is 25.3 Å². The van der Waals surface area contributed by atoms with E-state index in [0.29, 0.717) is 0 Å². The van der Waals surface area contributed by atoms with E-state index < -0.39 is 0 Å². The third kappa shape index (κ3) is 2.34. The third-order valence-corrected chi connectivity index (χ3v) is 3.97. The van der Waals surface area contributed by atoms with Crippen LogP contribution in [0.2, 0.25) is 0 Å². The summed E-state index contributed by atoms with van der Waals surface area (Å²) in [4.78, 5) is 2.46. The van der Waals surface area contributed by atoms with Crippen LogP contribution < -0.4 is 10.6 Å². The van der Waals surface area contributed by atoms with Gasteiger partial charge in [-0.25, -0.2) is 0 Å². The molecule has 88 valence electrons. The van der Waals surface area contributed by atoms with Crippen molar-refractivity contribution in [3.63, 3.8) is 0 Å². The fourth-order valence-electron chi connectivity index (χ4n) is 2.33. The Hall–Kier alpha value is -0.700. The van der Waals surface area contributed by atoms with Gasteiger partial charge in [-0.2, -0.15) is 0 Å². The Balaban J connectivity index is 2.29. The predicted molar refractivity (Wildman–Crippen MR) is 73.9 cm³/mol. The van der Waals surface area contributed by atoms with Crippen LogP contribution in [0.25, 0.3) is 0 Å². The van der Waals surface area contributed by atoms with Gasteiger partial charge in [0.25, 0.3) is 0 Å². The number of nitrogens with two attached hydrogens (primary N) is 1. The maximum atomic E-state index is 5.90. The van der Waals surface area contributed by atoms with Gasteiger partial charge in [-0.05, 0) is 59.3 Å². The molecule has 3 heteroatoms. The molecule has 0 saturated carbocycles. The van der Waals surface area contributed by atoms with Crippen molar-refractivity contribution in [1.82, 2.24) is 0 Å². The highest BCUT2D eigenvalue weighted by Gasteiger charge is 2.18. The van der Waals surface area contributed by atoms with E-state index in [0.717, 1.165) is 34.7 Å². The Morgan fingerprint density at radius 2 is 2.19 bits per heavy atom. The molecule has 0 spiro atoms. The Bertz CT molecular complexity index is 390. The smallest absolute Gasteiger partial charge is 0.0514 e. The molecule has 1 fully saturated rings. The van der Waals surface area contributed by atoms with Crippen molar-refractivity contribution in [2.24, 2.45) is 5.92 Å². The van der Waals surface area contributed by atoms with Gasteiger partial charge in [0.2, 0.25) is 0 Å². The van der Waals surface area contributed by atoms with Gasteiger partial charge in [-0.3, -0.25) is 0 Å². The van der Waals surface area contributed by atoms with E-state index in [9.17, 15) is 0 Å². The zero-order valence-corrected chi connectivity index (χ0v) is 11.5.